The average molecular weight is 388 g/mol. The summed E-state index contributed by atoms with van der Waals surface area (Å²) in [6, 6.07) is 3.22. The van der Waals surface area contributed by atoms with Crippen molar-refractivity contribution in [3.63, 3.8) is 0 Å². The standard InChI is InChI=1S/C21H28N2O5/c1-7-27-21(26)19-14(4)18(15(5)22(19)6)16(24)12-23(11-13(2)3)20(25)17-9-8-10-28-17/h8-10,13H,7,11-12H2,1-6H3. The number of rotatable bonds is 8. The molecule has 0 atom stereocenters. The highest BCUT2D eigenvalue weighted by Gasteiger charge is 2.28. The molecule has 0 fully saturated rings. The molecule has 7 heteroatoms. The van der Waals surface area contributed by atoms with E-state index in [9.17, 15) is 14.4 Å². The van der Waals surface area contributed by atoms with Gasteiger partial charge in [0.2, 0.25) is 0 Å². The van der Waals surface area contributed by atoms with Gasteiger partial charge in [-0.25, -0.2) is 4.79 Å². The summed E-state index contributed by atoms with van der Waals surface area (Å²) >= 11 is 0. The van der Waals surface area contributed by atoms with Gasteiger partial charge in [0.1, 0.15) is 5.69 Å². The molecular weight excluding hydrogens is 360 g/mol. The number of esters is 1. The van der Waals surface area contributed by atoms with Gasteiger partial charge in [0.15, 0.2) is 11.5 Å². The maximum atomic E-state index is 13.1. The third-order valence-corrected chi connectivity index (χ3v) is 4.62. The number of carbonyl (C=O) groups is 3. The molecule has 0 aliphatic heterocycles. The molecule has 0 spiro atoms. The Bertz CT molecular complexity index is 862. The molecule has 0 radical (unpaired) electrons. The molecule has 0 saturated heterocycles. The third kappa shape index (κ3) is 4.35. The van der Waals surface area contributed by atoms with Crippen LogP contribution in [-0.4, -0.2) is 46.8 Å². The van der Waals surface area contributed by atoms with Gasteiger partial charge in [0.25, 0.3) is 5.91 Å². The predicted octanol–water partition coefficient (Wildman–Crippen LogP) is 3.39. The van der Waals surface area contributed by atoms with Crippen molar-refractivity contribution in [3.05, 3.63) is 46.7 Å². The van der Waals surface area contributed by atoms with Gasteiger partial charge in [0.05, 0.1) is 19.4 Å². The number of hydrogen-bond acceptors (Lipinski definition) is 5. The molecule has 0 bridgehead atoms. The van der Waals surface area contributed by atoms with Crippen molar-refractivity contribution in [2.75, 3.05) is 19.7 Å². The first kappa shape index (κ1) is 21.5. The fourth-order valence-electron chi connectivity index (χ4n) is 3.35. The molecule has 0 saturated carbocycles. The summed E-state index contributed by atoms with van der Waals surface area (Å²) in [5.41, 5.74) is 2.04. The van der Waals surface area contributed by atoms with Crippen molar-refractivity contribution in [2.45, 2.75) is 34.6 Å². The fraction of sp³-hybridized carbons (Fsp3) is 0.476. The van der Waals surface area contributed by atoms with Crippen LogP contribution in [0.4, 0.5) is 0 Å². The molecule has 152 valence electrons. The largest absolute Gasteiger partial charge is 0.461 e. The van der Waals surface area contributed by atoms with Gasteiger partial charge in [-0.15, -0.1) is 0 Å². The van der Waals surface area contributed by atoms with Crippen LogP contribution in [0, 0.1) is 19.8 Å². The number of nitrogens with zero attached hydrogens (tertiary/aromatic N) is 2. The van der Waals surface area contributed by atoms with Crippen molar-refractivity contribution < 1.29 is 23.5 Å². The molecule has 1 amide bonds. The van der Waals surface area contributed by atoms with Crippen molar-refractivity contribution in [1.29, 1.82) is 0 Å². The van der Waals surface area contributed by atoms with Crippen LogP contribution in [0.2, 0.25) is 0 Å². The lowest BCUT2D eigenvalue weighted by molar-refractivity contribution is 0.0514. The molecule has 7 nitrogen and oxygen atoms in total. The summed E-state index contributed by atoms with van der Waals surface area (Å²) in [6.07, 6.45) is 1.43. The second-order valence-electron chi connectivity index (χ2n) is 7.19. The highest BCUT2D eigenvalue weighted by atomic mass is 16.5. The first-order valence-electron chi connectivity index (χ1n) is 9.37. The first-order chi connectivity index (χ1) is 13.2. The van der Waals surface area contributed by atoms with Gasteiger partial charge >= 0.3 is 5.97 Å². The number of furan rings is 1. The number of ether oxygens (including phenoxy) is 1. The van der Waals surface area contributed by atoms with E-state index in [0.29, 0.717) is 29.1 Å². The van der Waals surface area contributed by atoms with Crippen LogP contribution in [-0.2, 0) is 11.8 Å². The van der Waals surface area contributed by atoms with Gasteiger partial charge < -0.3 is 18.6 Å². The van der Waals surface area contributed by atoms with E-state index in [-0.39, 0.29) is 36.5 Å². The fourth-order valence-corrected chi connectivity index (χ4v) is 3.35. The Kier molecular flexibility index (Phi) is 6.83. The number of hydrogen-bond donors (Lipinski definition) is 0. The Morgan fingerprint density at radius 3 is 2.46 bits per heavy atom. The minimum Gasteiger partial charge on any atom is -0.461 e. The number of aromatic nitrogens is 1. The summed E-state index contributed by atoms with van der Waals surface area (Å²) < 4.78 is 12.0. The summed E-state index contributed by atoms with van der Waals surface area (Å²) in [4.78, 5) is 39.6. The van der Waals surface area contributed by atoms with Crippen LogP contribution in [0.5, 0.6) is 0 Å². The molecule has 2 heterocycles. The molecule has 2 aromatic heterocycles. The SMILES string of the molecule is CCOC(=O)c1c(C)c(C(=O)CN(CC(C)C)C(=O)c2ccco2)c(C)n1C. The van der Waals surface area contributed by atoms with Gasteiger partial charge in [0, 0.05) is 24.8 Å². The number of amides is 1. The number of carbonyl (C=O) groups excluding carboxylic acids is 3. The summed E-state index contributed by atoms with van der Waals surface area (Å²) in [5, 5.41) is 0. The van der Waals surface area contributed by atoms with E-state index < -0.39 is 5.97 Å². The molecule has 0 aromatic carbocycles. The minimum atomic E-state index is -0.463. The lowest BCUT2D eigenvalue weighted by Gasteiger charge is -2.23. The average Bonchev–Trinajstić information content (AvgIpc) is 3.21. The summed E-state index contributed by atoms with van der Waals surface area (Å²) in [5.74, 6) is -0.636. The van der Waals surface area contributed by atoms with Crippen LogP contribution in [0.15, 0.2) is 22.8 Å². The number of ketones is 1. The quantitative estimate of drug-likeness (QED) is 0.511. The van der Waals surface area contributed by atoms with E-state index in [0.717, 1.165) is 0 Å². The first-order valence-corrected chi connectivity index (χ1v) is 9.37. The topological polar surface area (TPSA) is 81.8 Å². The third-order valence-electron chi connectivity index (χ3n) is 4.62. The zero-order valence-electron chi connectivity index (χ0n) is 17.4. The second-order valence-corrected chi connectivity index (χ2v) is 7.19. The Hall–Kier alpha value is -2.83. The van der Waals surface area contributed by atoms with E-state index in [1.807, 2.05) is 13.8 Å². The number of Topliss-reactive ketones (excluding diaryl/α,β-unsaturated/α-hetero) is 1. The Labute approximate surface area is 165 Å². The summed E-state index contributed by atoms with van der Waals surface area (Å²) in [7, 11) is 1.73. The molecule has 0 unspecified atom stereocenters. The van der Waals surface area contributed by atoms with Crippen molar-refractivity contribution in [1.82, 2.24) is 9.47 Å². The normalized spacial score (nSPS) is 11.0. The van der Waals surface area contributed by atoms with Gasteiger partial charge in [-0.2, -0.15) is 0 Å². The highest BCUT2D eigenvalue weighted by Crippen LogP contribution is 2.23. The molecule has 0 aliphatic carbocycles. The monoisotopic (exact) mass is 388 g/mol. The summed E-state index contributed by atoms with van der Waals surface area (Å²) in [6.45, 7) is 9.78. The molecule has 28 heavy (non-hydrogen) atoms. The van der Waals surface area contributed by atoms with Gasteiger partial charge in [-0.3, -0.25) is 9.59 Å². The van der Waals surface area contributed by atoms with Crippen molar-refractivity contribution in [3.8, 4) is 0 Å². The van der Waals surface area contributed by atoms with E-state index in [4.69, 9.17) is 9.15 Å². The van der Waals surface area contributed by atoms with Crippen LogP contribution in [0.25, 0.3) is 0 Å². The lowest BCUT2D eigenvalue weighted by Crippen LogP contribution is -2.38. The van der Waals surface area contributed by atoms with E-state index in [2.05, 4.69) is 0 Å². The zero-order valence-corrected chi connectivity index (χ0v) is 17.4. The van der Waals surface area contributed by atoms with Crippen molar-refractivity contribution in [2.24, 2.45) is 13.0 Å². The molecule has 0 N–H and O–H groups in total. The van der Waals surface area contributed by atoms with Gasteiger partial charge in [-0.05, 0) is 44.4 Å². The van der Waals surface area contributed by atoms with Crippen LogP contribution in [0.3, 0.4) is 0 Å². The molecule has 0 aliphatic rings. The second kappa shape index (κ2) is 8.91. The Morgan fingerprint density at radius 1 is 1.25 bits per heavy atom. The van der Waals surface area contributed by atoms with E-state index in [1.54, 1.807) is 44.5 Å². The molecule has 2 rings (SSSR count). The maximum absolute atomic E-state index is 13.1. The van der Waals surface area contributed by atoms with Crippen LogP contribution < -0.4 is 0 Å². The lowest BCUT2D eigenvalue weighted by atomic mass is 10.0. The Morgan fingerprint density at radius 2 is 1.93 bits per heavy atom. The minimum absolute atomic E-state index is 0.0916. The highest BCUT2D eigenvalue weighted by molar-refractivity contribution is 6.05. The smallest absolute Gasteiger partial charge is 0.355 e. The maximum Gasteiger partial charge on any atom is 0.355 e. The van der Waals surface area contributed by atoms with Gasteiger partial charge in [-0.1, -0.05) is 13.8 Å². The Balaban J connectivity index is 2.34. The molecular formula is C21H28N2O5. The van der Waals surface area contributed by atoms with Crippen LogP contribution >= 0.6 is 0 Å². The zero-order chi connectivity index (χ0) is 21.0. The van der Waals surface area contributed by atoms with E-state index in [1.165, 1.54) is 11.2 Å². The predicted molar refractivity (Wildman–Crippen MR) is 105 cm³/mol. The van der Waals surface area contributed by atoms with Crippen LogP contribution in [0.1, 0.15) is 63.4 Å². The van der Waals surface area contributed by atoms with E-state index >= 15 is 0 Å². The van der Waals surface area contributed by atoms with Crippen molar-refractivity contribution >= 4 is 17.7 Å². The molecule has 2 aromatic rings.